The van der Waals surface area contributed by atoms with Gasteiger partial charge in [0.15, 0.2) is 5.12 Å². The van der Waals surface area contributed by atoms with Crippen LogP contribution in [0.15, 0.2) is 0 Å². The Kier molecular flexibility index (Phi) is 2.86. The van der Waals surface area contributed by atoms with Gasteiger partial charge in [0.25, 0.3) is 0 Å². The Hall–Kier alpha value is 0.110. The molecule has 1 unspecified atom stereocenters. The van der Waals surface area contributed by atoms with Crippen molar-refractivity contribution >= 4 is 34.0 Å². The largest absolute Gasteiger partial charge is 0.287 e. The van der Waals surface area contributed by atoms with Crippen molar-refractivity contribution in [1.82, 2.24) is 0 Å². The summed E-state index contributed by atoms with van der Waals surface area (Å²) < 4.78 is 0. The molecule has 0 amide bonds. The van der Waals surface area contributed by atoms with Crippen LogP contribution < -0.4 is 0 Å². The van der Waals surface area contributed by atoms with Crippen LogP contribution in [-0.2, 0) is 4.79 Å². The van der Waals surface area contributed by atoms with Crippen LogP contribution in [0.4, 0.5) is 0 Å². The summed E-state index contributed by atoms with van der Waals surface area (Å²) in [5.74, 6) is 1.06. The van der Waals surface area contributed by atoms with Crippen LogP contribution in [0.5, 0.6) is 0 Å². The Bertz CT molecular complexity index is 165. The van der Waals surface area contributed by atoms with Crippen molar-refractivity contribution in [2.75, 3.05) is 5.75 Å². The molecule has 0 saturated carbocycles. The molecule has 0 aromatic carbocycles. The third kappa shape index (κ3) is 1.80. The number of carbonyl (C=O) groups is 1. The summed E-state index contributed by atoms with van der Waals surface area (Å²) in [7, 11) is 0. The maximum absolute atomic E-state index is 11.1. The van der Waals surface area contributed by atoms with Crippen molar-refractivity contribution in [3.8, 4) is 0 Å². The van der Waals surface area contributed by atoms with Crippen LogP contribution in [-0.4, -0.2) is 15.7 Å². The first-order valence-electron chi connectivity index (χ1n) is 3.39. The molecular formula is C7H10OS2. The van der Waals surface area contributed by atoms with Gasteiger partial charge >= 0.3 is 0 Å². The van der Waals surface area contributed by atoms with E-state index < -0.39 is 0 Å². The van der Waals surface area contributed by atoms with Crippen molar-refractivity contribution in [1.29, 1.82) is 0 Å². The van der Waals surface area contributed by atoms with Crippen molar-refractivity contribution in [3.63, 3.8) is 0 Å². The summed E-state index contributed by atoms with van der Waals surface area (Å²) >= 11 is 6.39. The lowest BCUT2D eigenvalue weighted by molar-refractivity contribution is -0.113. The third-order valence-electron chi connectivity index (χ3n) is 1.66. The summed E-state index contributed by atoms with van der Waals surface area (Å²) in [6, 6.07) is 0. The number of hydrogen-bond donors (Lipinski definition) is 0. The molecule has 1 aliphatic rings. The van der Waals surface area contributed by atoms with Crippen LogP contribution in [0, 0.1) is 5.92 Å². The second kappa shape index (κ2) is 3.49. The average molecular weight is 174 g/mol. The van der Waals surface area contributed by atoms with Crippen LogP contribution in [0.1, 0.15) is 19.8 Å². The molecule has 1 rings (SSSR count). The minimum Gasteiger partial charge on any atom is -0.287 e. The lowest BCUT2D eigenvalue weighted by Gasteiger charge is -2.18. The molecule has 0 aromatic rings. The van der Waals surface area contributed by atoms with Gasteiger partial charge < -0.3 is 0 Å². The summed E-state index contributed by atoms with van der Waals surface area (Å²) in [6.07, 6.45) is 2.11. The Morgan fingerprint density at radius 1 is 1.80 bits per heavy atom. The molecule has 1 aliphatic heterocycles. The Balaban J connectivity index is 2.56. The molecule has 0 spiro atoms. The highest BCUT2D eigenvalue weighted by Crippen LogP contribution is 2.25. The molecule has 56 valence electrons. The zero-order chi connectivity index (χ0) is 7.56. The van der Waals surface area contributed by atoms with Crippen molar-refractivity contribution in [2.45, 2.75) is 19.8 Å². The summed E-state index contributed by atoms with van der Waals surface area (Å²) in [6.45, 7) is 1.86. The quantitative estimate of drug-likeness (QED) is 0.566. The van der Waals surface area contributed by atoms with E-state index in [-0.39, 0.29) is 11.0 Å². The molecular weight excluding hydrogens is 164 g/mol. The van der Waals surface area contributed by atoms with Crippen LogP contribution in [0.25, 0.3) is 0 Å². The lowest BCUT2D eigenvalue weighted by atomic mass is 10.0. The fraction of sp³-hybridized carbons (Fsp3) is 0.714. The summed E-state index contributed by atoms with van der Waals surface area (Å²) in [5, 5.41) is 0.277. The third-order valence-corrected chi connectivity index (χ3v) is 3.00. The number of carbonyl (C=O) groups excluding carboxylic acids is 1. The number of thiocarbonyl (C=S) groups is 1. The van der Waals surface area contributed by atoms with E-state index in [1.807, 2.05) is 6.92 Å². The Morgan fingerprint density at radius 2 is 2.50 bits per heavy atom. The normalized spacial score (nSPS) is 26.5. The van der Waals surface area contributed by atoms with Crippen molar-refractivity contribution in [3.05, 3.63) is 0 Å². The second-order valence-corrected chi connectivity index (χ2v) is 4.22. The fourth-order valence-electron chi connectivity index (χ4n) is 1.05. The molecule has 1 fully saturated rings. The molecule has 1 saturated heterocycles. The monoisotopic (exact) mass is 174 g/mol. The maximum Gasteiger partial charge on any atom is 0.196 e. The van der Waals surface area contributed by atoms with Gasteiger partial charge in [-0.05, 0) is 19.8 Å². The van der Waals surface area contributed by atoms with Gasteiger partial charge in [0, 0.05) is 10.6 Å². The predicted molar refractivity (Wildman–Crippen MR) is 48.5 cm³/mol. The Morgan fingerprint density at radius 3 is 2.90 bits per heavy atom. The van der Waals surface area contributed by atoms with E-state index in [0.29, 0.717) is 0 Å². The van der Waals surface area contributed by atoms with E-state index in [1.54, 1.807) is 0 Å². The molecule has 1 heterocycles. The van der Waals surface area contributed by atoms with Gasteiger partial charge in [-0.2, -0.15) is 0 Å². The molecule has 0 aromatic heterocycles. The first kappa shape index (κ1) is 8.21. The minimum absolute atomic E-state index is 0.0775. The number of thioether (sulfide) groups is 1. The van der Waals surface area contributed by atoms with Gasteiger partial charge in [0.2, 0.25) is 0 Å². The predicted octanol–water partition coefficient (Wildman–Crippen LogP) is 2.05. The smallest absolute Gasteiger partial charge is 0.196 e. The highest BCUT2D eigenvalue weighted by molar-refractivity contribution is 8.13. The van der Waals surface area contributed by atoms with Crippen LogP contribution >= 0.6 is 24.0 Å². The summed E-state index contributed by atoms with van der Waals surface area (Å²) in [4.78, 5) is 12.0. The molecule has 0 N–H and O–H groups in total. The van der Waals surface area contributed by atoms with Gasteiger partial charge in [0.05, 0.1) is 5.92 Å². The van der Waals surface area contributed by atoms with E-state index in [4.69, 9.17) is 12.2 Å². The zero-order valence-electron chi connectivity index (χ0n) is 5.92. The SMILES string of the molecule is CC(=S)C1CCCSC1=O. The van der Waals surface area contributed by atoms with E-state index in [2.05, 4.69) is 0 Å². The van der Waals surface area contributed by atoms with E-state index >= 15 is 0 Å². The molecule has 0 aliphatic carbocycles. The minimum atomic E-state index is 0.0775. The first-order valence-corrected chi connectivity index (χ1v) is 4.78. The number of rotatable bonds is 1. The van der Waals surface area contributed by atoms with Gasteiger partial charge in [-0.25, -0.2) is 0 Å². The maximum atomic E-state index is 11.1. The van der Waals surface area contributed by atoms with Crippen LogP contribution in [0.3, 0.4) is 0 Å². The van der Waals surface area contributed by atoms with Gasteiger partial charge in [-0.3, -0.25) is 4.79 Å². The van der Waals surface area contributed by atoms with E-state index in [0.717, 1.165) is 23.5 Å². The van der Waals surface area contributed by atoms with Crippen LogP contribution in [0.2, 0.25) is 0 Å². The van der Waals surface area contributed by atoms with E-state index in [9.17, 15) is 4.79 Å². The lowest BCUT2D eigenvalue weighted by Crippen LogP contribution is -2.22. The van der Waals surface area contributed by atoms with Gasteiger partial charge in [-0.15, -0.1) is 0 Å². The van der Waals surface area contributed by atoms with E-state index in [1.165, 1.54) is 11.8 Å². The first-order chi connectivity index (χ1) is 4.72. The summed E-state index contributed by atoms with van der Waals surface area (Å²) in [5.41, 5.74) is 0. The second-order valence-electron chi connectivity index (χ2n) is 2.47. The average Bonchev–Trinajstić information content (AvgIpc) is 1.88. The molecule has 1 atom stereocenters. The topological polar surface area (TPSA) is 17.1 Å². The van der Waals surface area contributed by atoms with Crippen molar-refractivity contribution in [2.24, 2.45) is 5.92 Å². The van der Waals surface area contributed by atoms with Gasteiger partial charge in [0.1, 0.15) is 0 Å². The molecule has 3 heteroatoms. The zero-order valence-corrected chi connectivity index (χ0v) is 7.56. The fourth-order valence-corrected chi connectivity index (χ4v) is 2.36. The highest BCUT2D eigenvalue weighted by Gasteiger charge is 2.23. The van der Waals surface area contributed by atoms with Gasteiger partial charge in [-0.1, -0.05) is 24.0 Å². The molecule has 0 radical (unpaired) electrons. The standard InChI is InChI=1S/C7H10OS2/c1-5(9)6-3-2-4-10-7(6)8/h6H,2-4H2,1H3. The molecule has 10 heavy (non-hydrogen) atoms. The highest BCUT2D eigenvalue weighted by atomic mass is 32.2. The van der Waals surface area contributed by atoms with Crippen molar-refractivity contribution < 1.29 is 4.79 Å². The molecule has 0 bridgehead atoms. The molecule has 1 nitrogen and oxygen atoms in total. The number of hydrogen-bond acceptors (Lipinski definition) is 3. The Labute approximate surface area is 70.6 Å².